The summed E-state index contributed by atoms with van der Waals surface area (Å²) in [6.07, 6.45) is 7.25. The van der Waals surface area contributed by atoms with Gasteiger partial charge in [-0.2, -0.15) is 0 Å². The highest BCUT2D eigenvalue weighted by Crippen LogP contribution is 2.30. The second-order valence-corrected chi connectivity index (χ2v) is 7.79. The molecule has 2 atom stereocenters. The molecule has 0 amide bonds. The van der Waals surface area contributed by atoms with Gasteiger partial charge in [-0.25, -0.2) is 9.59 Å². The first-order valence-electron chi connectivity index (χ1n) is 11.3. The molecule has 1 aliphatic heterocycles. The number of esters is 2. The molecule has 6 heteroatoms. The fourth-order valence-electron chi connectivity index (χ4n) is 3.39. The second kappa shape index (κ2) is 12.7. The summed E-state index contributed by atoms with van der Waals surface area (Å²) < 4.78 is 22.6. The first-order valence-corrected chi connectivity index (χ1v) is 11.3. The summed E-state index contributed by atoms with van der Waals surface area (Å²) in [4.78, 5) is 25.6. The predicted molar refractivity (Wildman–Crippen MR) is 114 cm³/mol. The van der Waals surface area contributed by atoms with Crippen molar-refractivity contribution in [2.75, 3.05) is 19.8 Å². The van der Waals surface area contributed by atoms with E-state index in [4.69, 9.17) is 18.9 Å². The monoisotopic (exact) mass is 420 g/mol. The predicted octanol–water partition coefficient (Wildman–Crippen LogP) is 5.50. The Kier molecular flexibility index (Phi) is 10.3. The molecule has 2 rings (SSSR count). The SMILES string of the molecule is CCCCOC1(OC(=O)c2ccccc2C(=O)OCC(CC)CCCC)CCCO1. The molecule has 0 N–H and O–H groups in total. The standard InChI is InChI=1S/C24H36O6/c1-4-7-12-19(6-3)18-27-22(25)20-13-9-10-14-21(20)23(26)30-24(15-11-17-29-24)28-16-8-5-2/h9-10,13-14,19H,4-8,11-12,15-18H2,1-3H3. The van der Waals surface area contributed by atoms with Crippen LogP contribution >= 0.6 is 0 Å². The maximum atomic E-state index is 12.9. The van der Waals surface area contributed by atoms with E-state index in [9.17, 15) is 9.59 Å². The van der Waals surface area contributed by atoms with Crippen molar-refractivity contribution in [3.8, 4) is 0 Å². The van der Waals surface area contributed by atoms with Gasteiger partial charge >= 0.3 is 17.9 Å². The fourth-order valence-corrected chi connectivity index (χ4v) is 3.39. The summed E-state index contributed by atoms with van der Waals surface area (Å²) in [6.45, 7) is 7.58. The molecule has 1 fully saturated rings. The zero-order chi connectivity index (χ0) is 21.8. The van der Waals surface area contributed by atoms with Crippen LogP contribution in [0.5, 0.6) is 0 Å². The lowest BCUT2D eigenvalue weighted by Crippen LogP contribution is -2.38. The number of unbranched alkanes of at least 4 members (excludes halogenated alkanes) is 2. The summed E-state index contributed by atoms with van der Waals surface area (Å²) in [5, 5.41) is 0. The molecule has 1 aromatic carbocycles. The summed E-state index contributed by atoms with van der Waals surface area (Å²) in [5.41, 5.74) is 0.368. The van der Waals surface area contributed by atoms with Crippen LogP contribution in [0.2, 0.25) is 0 Å². The van der Waals surface area contributed by atoms with E-state index in [0.29, 0.717) is 32.2 Å². The van der Waals surface area contributed by atoms with Crippen molar-refractivity contribution >= 4 is 11.9 Å². The van der Waals surface area contributed by atoms with Crippen LogP contribution < -0.4 is 0 Å². The molecule has 2 unspecified atom stereocenters. The van der Waals surface area contributed by atoms with E-state index in [1.54, 1.807) is 24.3 Å². The molecule has 0 bridgehead atoms. The lowest BCUT2D eigenvalue weighted by Gasteiger charge is -2.28. The van der Waals surface area contributed by atoms with E-state index in [1.807, 2.05) is 0 Å². The van der Waals surface area contributed by atoms with Crippen molar-refractivity contribution < 1.29 is 28.5 Å². The molecular weight excluding hydrogens is 384 g/mol. The maximum Gasteiger partial charge on any atom is 0.343 e. The molecule has 0 aliphatic carbocycles. The highest BCUT2D eigenvalue weighted by Gasteiger charge is 2.41. The minimum absolute atomic E-state index is 0.165. The van der Waals surface area contributed by atoms with E-state index >= 15 is 0 Å². The Morgan fingerprint density at radius 2 is 1.77 bits per heavy atom. The van der Waals surface area contributed by atoms with E-state index in [1.165, 1.54) is 0 Å². The molecule has 6 nitrogen and oxygen atoms in total. The summed E-state index contributed by atoms with van der Waals surface area (Å²) >= 11 is 0. The maximum absolute atomic E-state index is 12.9. The van der Waals surface area contributed by atoms with Crippen molar-refractivity contribution in [2.45, 2.75) is 78.1 Å². The minimum atomic E-state index is -1.36. The van der Waals surface area contributed by atoms with E-state index in [2.05, 4.69) is 20.8 Å². The van der Waals surface area contributed by atoms with Gasteiger partial charge in [-0.1, -0.05) is 58.6 Å². The quantitative estimate of drug-likeness (QED) is 0.238. The Hall–Kier alpha value is -1.92. The van der Waals surface area contributed by atoms with Crippen LogP contribution in [0.25, 0.3) is 0 Å². The van der Waals surface area contributed by atoms with Crippen LogP contribution in [0.3, 0.4) is 0 Å². The van der Waals surface area contributed by atoms with Crippen molar-refractivity contribution in [3.05, 3.63) is 35.4 Å². The molecule has 1 heterocycles. The van der Waals surface area contributed by atoms with Crippen molar-refractivity contribution in [1.29, 1.82) is 0 Å². The van der Waals surface area contributed by atoms with E-state index in [-0.39, 0.29) is 11.1 Å². The summed E-state index contributed by atoms with van der Waals surface area (Å²) in [5.74, 6) is -2.18. The third kappa shape index (κ3) is 7.10. The first kappa shape index (κ1) is 24.4. The molecule has 0 saturated carbocycles. The lowest BCUT2D eigenvalue weighted by atomic mass is 10.0. The van der Waals surface area contributed by atoms with Gasteiger partial charge in [0.05, 0.1) is 30.9 Å². The molecular formula is C24H36O6. The molecule has 1 aliphatic rings. The molecule has 168 valence electrons. The number of hydrogen-bond donors (Lipinski definition) is 0. The summed E-state index contributed by atoms with van der Waals surface area (Å²) in [6, 6.07) is 6.57. The third-order valence-electron chi connectivity index (χ3n) is 5.38. The second-order valence-electron chi connectivity index (χ2n) is 7.79. The van der Waals surface area contributed by atoms with Crippen LogP contribution in [-0.4, -0.2) is 37.7 Å². The number of rotatable bonds is 13. The van der Waals surface area contributed by atoms with Crippen molar-refractivity contribution in [1.82, 2.24) is 0 Å². The zero-order valence-corrected chi connectivity index (χ0v) is 18.6. The number of ether oxygens (including phenoxy) is 4. The Balaban J connectivity index is 2.05. The Morgan fingerprint density at radius 1 is 1.07 bits per heavy atom. The van der Waals surface area contributed by atoms with Crippen LogP contribution in [0.15, 0.2) is 24.3 Å². The average Bonchev–Trinajstić information content (AvgIpc) is 3.22. The van der Waals surface area contributed by atoms with Gasteiger partial charge in [0, 0.05) is 6.42 Å². The van der Waals surface area contributed by atoms with Crippen molar-refractivity contribution in [2.24, 2.45) is 5.92 Å². The van der Waals surface area contributed by atoms with Gasteiger partial charge in [-0.05, 0) is 37.3 Å². The number of hydrogen-bond acceptors (Lipinski definition) is 6. The van der Waals surface area contributed by atoms with Gasteiger partial charge in [0.15, 0.2) is 0 Å². The number of benzene rings is 1. The summed E-state index contributed by atoms with van der Waals surface area (Å²) in [7, 11) is 0. The number of carbonyl (C=O) groups excluding carboxylic acids is 2. The minimum Gasteiger partial charge on any atom is -0.462 e. The van der Waals surface area contributed by atoms with Crippen LogP contribution in [0, 0.1) is 5.92 Å². The van der Waals surface area contributed by atoms with Gasteiger partial charge in [0.2, 0.25) is 0 Å². The fraction of sp³-hybridized carbons (Fsp3) is 0.667. The topological polar surface area (TPSA) is 71.1 Å². The largest absolute Gasteiger partial charge is 0.462 e. The van der Waals surface area contributed by atoms with Gasteiger partial charge in [-0.3, -0.25) is 0 Å². The molecule has 0 radical (unpaired) electrons. The number of carbonyl (C=O) groups is 2. The van der Waals surface area contributed by atoms with Crippen LogP contribution in [0.1, 0.15) is 92.9 Å². The van der Waals surface area contributed by atoms with Gasteiger partial charge in [0.25, 0.3) is 0 Å². The highest BCUT2D eigenvalue weighted by molar-refractivity contribution is 6.03. The Bertz CT molecular complexity index is 665. The lowest BCUT2D eigenvalue weighted by molar-refractivity contribution is -0.334. The zero-order valence-electron chi connectivity index (χ0n) is 18.6. The van der Waals surface area contributed by atoms with Crippen molar-refractivity contribution in [3.63, 3.8) is 0 Å². The van der Waals surface area contributed by atoms with Gasteiger partial charge in [-0.15, -0.1) is 0 Å². The molecule has 0 spiro atoms. The average molecular weight is 421 g/mol. The van der Waals surface area contributed by atoms with E-state index < -0.39 is 17.9 Å². The van der Waals surface area contributed by atoms with Gasteiger partial charge in [0.1, 0.15) is 0 Å². The van der Waals surface area contributed by atoms with E-state index in [0.717, 1.165) is 44.9 Å². The smallest absolute Gasteiger partial charge is 0.343 e. The Labute approximate surface area is 180 Å². The van der Waals surface area contributed by atoms with Crippen LogP contribution in [-0.2, 0) is 18.9 Å². The van der Waals surface area contributed by atoms with Gasteiger partial charge < -0.3 is 18.9 Å². The highest BCUT2D eigenvalue weighted by atomic mass is 16.9. The molecule has 0 aromatic heterocycles. The normalized spacial score (nSPS) is 19.4. The molecule has 30 heavy (non-hydrogen) atoms. The van der Waals surface area contributed by atoms with Crippen LogP contribution in [0.4, 0.5) is 0 Å². The molecule has 1 saturated heterocycles. The first-order chi connectivity index (χ1) is 14.5. The molecule has 1 aromatic rings. The Morgan fingerprint density at radius 3 is 2.37 bits per heavy atom. The third-order valence-corrected chi connectivity index (χ3v) is 5.38.